The van der Waals surface area contributed by atoms with Crippen LogP contribution < -0.4 is 10.1 Å². The molecule has 0 aliphatic carbocycles. The molecule has 0 spiro atoms. The second-order valence-electron chi connectivity index (χ2n) is 7.39. The number of nitrogens with zero attached hydrogens (tertiary/aromatic N) is 3. The molecule has 0 bridgehead atoms. The highest BCUT2D eigenvalue weighted by Gasteiger charge is 2.33. The van der Waals surface area contributed by atoms with E-state index in [4.69, 9.17) is 16.3 Å². The molecule has 0 atom stereocenters. The van der Waals surface area contributed by atoms with Gasteiger partial charge in [-0.2, -0.15) is 0 Å². The molecule has 0 radical (unpaired) electrons. The number of carbonyl (C=O) groups is 1. The number of nitrogens with one attached hydrogen (secondary N) is 1. The van der Waals surface area contributed by atoms with Crippen molar-refractivity contribution >= 4 is 17.5 Å². The van der Waals surface area contributed by atoms with Gasteiger partial charge in [0.15, 0.2) is 34.6 Å². The molecule has 6 nitrogen and oxygen atoms in total. The third-order valence-corrected chi connectivity index (χ3v) is 5.07. The molecule has 0 saturated heterocycles. The summed E-state index contributed by atoms with van der Waals surface area (Å²) in [5.74, 6) is -3.12. The van der Waals surface area contributed by atoms with Crippen molar-refractivity contribution < 1.29 is 22.7 Å². The van der Waals surface area contributed by atoms with Crippen LogP contribution in [0.15, 0.2) is 24.3 Å². The quantitative estimate of drug-likeness (QED) is 0.668. The fourth-order valence-electron chi connectivity index (χ4n) is 3.43. The van der Waals surface area contributed by atoms with Gasteiger partial charge in [0.1, 0.15) is 5.82 Å². The largest absolute Gasteiger partial charge is 0.474 e. The number of amides is 1. The minimum atomic E-state index is -1.32. The van der Waals surface area contributed by atoms with Gasteiger partial charge in [-0.05, 0) is 43.7 Å². The summed E-state index contributed by atoms with van der Waals surface area (Å²) >= 11 is 5.65. The molecule has 3 aromatic rings. The van der Waals surface area contributed by atoms with Gasteiger partial charge in [-0.15, -0.1) is 10.2 Å². The zero-order valence-electron chi connectivity index (χ0n) is 16.2. The number of fused-ring (bicyclic) bond motifs is 1. The van der Waals surface area contributed by atoms with Gasteiger partial charge in [0.05, 0.1) is 5.56 Å². The molecule has 1 N–H and O–H groups in total. The number of carbonyl (C=O) groups excluding carboxylic acids is 1. The minimum Gasteiger partial charge on any atom is -0.474 e. The Labute approximate surface area is 174 Å². The molecule has 2 aromatic carbocycles. The highest BCUT2D eigenvalue weighted by Crippen LogP contribution is 2.34. The number of hydrogen-bond donors (Lipinski definition) is 1. The highest BCUT2D eigenvalue weighted by molar-refractivity contribution is 6.30. The number of aromatic nitrogens is 3. The second-order valence-corrected chi connectivity index (χ2v) is 7.83. The van der Waals surface area contributed by atoms with Crippen LogP contribution in [0, 0.1) is 17.5 Å². The van der Waals surface area contributed by atoms with Crippen molar-refractivity contribution in [2.45, 2.75) is 26.0 Å². The van der Waals surface area contributed by atoms with Gasteiger partial charge in [0.25, 0.3) is 5.91 Å². The summed E-state index contributed by atoms with van der Waals surface area (Å²) < 4.78 is 50.1. The molecule has 0 unspecified atom stereocenters. The van der Waals surface area contributed by atoms with E-state index in [-0.39, 0.29) is 40.3 Å². The number of rotatable bonds is 4. The Hall–Kier alpha value is -3.07. The molecule has 1 amide bonds. The Balaban J connectivity index is 1.73. The van der Waals surface area contributed by atoms with E-state index in [9.17, 15) is 18.0 Å². The van der Waals surface area contributed by atoms with Crippen LogP contribution in [-0.2, 0) is 19.2 Å². The van der Waals surface area contributed by atoms with E-state index < -0.39 is 28.8 Å². The average Bonchev–Trinajstić information content (AvgIpc) is 3.21. The first-order chi connectivity index (χ1) is 14.1. The molecule has 156 valence electrons. The molecule has 1 aliphatic rings. The maximum absolute atomic E-state index is 14.7. The van der Waals surface area contributed by atoms with Crippen molar-refractivity contribution in [3.63, 3.8) is 0 Å². The van der Waals surface area contributed by atoms with Crippen LogP contribution in [-0.4, -0.2) is 20.7 Å². The van der Waals surface area contributed by atoms with Gasteiger partial charge in [-0.3, -0.25) is 4.79 Å². The lowest BCUT2D eigenvalue weighted by Crippen LogP contribution is -2.30. The third kappa shape index (κ3) is 3.28. The lowest BCUT2D eigenvalue weighted by Gasteiger charge is -2.26. The summed E-state index contributed by atoms with van der Waals surface area (Å²) in [5.41, 5.74) is -0.260. The summed E-state index contributed by atoms with van der Waals surface area (Å²) in [5, 5.41) is 10.6. The topological polar surface area (TPSA) is 69.0 Å². The summed E-state index contributed by atoms with van der Waals surface area (Å²) in [4.78, 5) is 11.7. The fourth-order valence-corrected chi connectivity index (χ4v) is 3.62. The van der Waals surface area contributed by atoms with E-state index in [1.807, 2.05) is 0 Å². The summed E-state index contributed by atoms with van der Waals surface area (Å²) in [6, 6.07) is 4.56. The van der Waals surface area contributed by atoms with Crippen LogP contribution in [0.5, 0.6) is 5.75 Å². The Kier molecular flexibility index (Phi) is 4.73. The van der Waals surface area contributed by atoms with Crippen molar-refractivity contribution in [2.24, 2.45) is 7.05 Å². The SMILES string of the molecule is Cn1c(-c2cc3c(cc2F)C(=O)NC3)nnc1C(C)(C)Oc1c(F)cc(Cl)cc1F. The Morgan fingerprint density at radius 3 is 2.40 bits per heavy atom. The Morgan fingerprint density at radius 1 is 1.07 bits per heavy atom. The predicted molar refractivity (Wildman–Crippen MR) is 103 cm³/mol. The summed E-state index contributed by atoms with van der Waals surface area (Å²) in [6.45, 7) is 3.39. The highest BCUT2D eigenvalue weighted by atomic mass is 35.5. The molecular weight excluding hydrogens is 421 g/mol. The molecule has 2 heterocycles. The van der Waals surface area contributed by atoms with E-state index in [0.717, 1.165) is 18.2 Å². The molecule has 0 fully saturated rings. The van der Waals surface area contributed by atoms with Crippen molar-refractivity contribution in [1.82, 2.24) is 20.1 Å². The number of hydrogen-bond acceptors (Lipinski definition) is 4. The molecule has 0 saturated carbocycles. The second kappa shape index (κ2) is 7.02. The van der Waals surface area contributed by atoms with Crippen molar-refractivity contribution in [1.29, 1.82) is 0 Å². The van der Waals surface area contributed by atoms with Crippen molar-refractivity contribution in [3.05, 3.63) is 63.7 Å². The molecule has 4 rings (SSSR count). The van der Waals surface area contributed by atoms with Crippen LogP contribution in [0.1, 0.15) is 35.6 Å². The molecule has 10 heteroatoms. The standard InChI is InChI=1S/C20H16ClF3N4O2/c1-20(2,30-16-14(23)5-10(21)6-15(16)24)19-27-26-17(28(19)3)12-4-9-8-25-18(29)11(9)7-13(12)22/h4-7H,8H2,1-3H3,(H,25,29). The van der Waals surface area contributed by atoms with Crippen LogP contribution in [0.4, 0.5) is 13.2 Å². The first-order valence-corrected chi connectivity index (χ1v) is 9.30. The smallest absolute Gasteiger partial charge is 0.252 e. The van der Waals surface area contributed by atoms with Gasteiger partial charge in [0.2, 0.25) is 0 Å². The lowest BCUT2D eigenvalue weighted by atomic mass is 10.0. The molecule has 1 aromatic heterocycles. The number of ether oxygens (including phenoxy) is 1. The van der Waals surface area contributed by atoms with Gasteiger partial charge in [-0.1, -0.05) is 11.6 Å². The van der Waals surface area contributed by atoms with E-state index in [2.05, 4.69) is 15.5 Å². The number of halogens is 4. The van der Waals surface area contributed by atoms with E-state index in [0.29, 0.717) is 5.56 Å². The predicted octanol–water partition coefficient (Wildman–Crippen LogP) is 4.11. The van der Waals surface area contributed by atoms with Crippen molar-refractivity contribution in [3.8, 4) is 17.1 Å². The maximum Gasteiger partial charge on any atom is 0.252 e. The average molecular weight is 437 g/mol. The first kappa shape index (κ1) is 20.2. The Bertz CT molecular complexity index is 1170. The minimum absolute atomic E-state index is 0.101. The summed E-state index contributed by atoms with van der Waals surface area (Å²) in [6.07, 6.45) is 0. The van der Waals surface area contributed by atoms with Crippen LogP contribution >= 0.6 is 11.6 Å². The zero-order chi connectivity index (χ0) is 21.8. The van der Waals surface area contributed by atoms with Gasteiger partial charge >= 0.3 is 0 Å². The Morgan fingerprint density at radius 2 is 1.73 bits per heavy atom. The normalized spacial score (nSPS) is 13.4. The van der Waals surface area contributed by atoms with Crippen LogP contribution in [0.25, 0.3) is 11.4 Å². The number of benzene rings is 2. The first-order valence-electron chi connectivity index (χ1n) is 8.93. The third-order valence-electron chi connectivity index (χ3n) is 4.85. The molecule has 1 aliphatic heterocycles. The maximum atomic E-state index is 14.7. The lowest BCUT2D eigenvalue weighted by molar-refractivity contribution is 0.0836. The van der Waals surface area contributed by atoms with Crippen molar-refractivity contribution in [2.75, 3.05) is 0 Å². The zero-order valence-corrected chi connectivity index (χ0v) is 16.9. The van der Waals surface area contributed by atoms with Gasteiger partial charge in [-0.25, -0.2) is 13.2 Å². The monoisotopic (exact) mass is 436 g/mol. The molecule has 30 heavy (non-hydrogen) atoms. The van der Waals surface area contributed by atoms with Gasteiger partial charge < -0.3 is 14.6 Å². The fraction of sp³-hybridized carbons (Fsp3) is 0.250. The van der Waals surface area contributed by atoms with Gasteiger partial charge in [0, 0.05) is 24.2 Å². The van der Waals surface area contributed by atoms with Crippen LogP contribution in [0.3, 0.4) is 0 Å². The molecular formula is C20H16ClF3N4O2. The van der Waals surface area contributed by atoms with E-state index in [1.165, 1.54) is 10.6 Å². The summed E-state index contributed by atoms with van der Waals surface area (Å²) in [7, 11) is 1.58. The van der Waals surface area contributed by atoms with E-state index in [1.54, 1.807) is 20.9 Å². The van der Waals surface area contributed by atoms with Crippen LogP contribution in [0.2, 0.25) is 5.02 Å². The van der Waals surface area contributed by atoms with E-state index >= 15 is 0 Å².